The third-order valence-corrected chi connectivity index (χ3v) is 10.7. The van der Waals surface area contributed by atoms with E-state index in [1.54, 1.807) is 6.08 Å². The van der Waals surface area contributed by atoms with Crippen molar-refractivity contribution in [2.75, 3.05) is 13.2 Å². The summed E-state index contributed by atoms with van der Waals surface area (Å²) in [5.74, 6) is -0.130. The minimum atomic E-state index is -0.859. The maximum Gasteiger partial charge on any atom is 0.305 e. The minimum absolute atomic E-state index is 0.0313. The van der Waals surface area contributed by atoms with Gasteiger partial charge in [-0.05, 0) is 57.8 Å². The maximum atomic E-state index is 12.4. The van der Waals surface area contributed by atoms with Gasteiger partial charge >= 0.3 is 5.97 Å². The quantitative estimate of drug-likeness (QED) is 0.0327. The molecule has 0 spiro atoms. The smallest absolute Gasteiger partial charge is 0.305 e. The number of nitrogens with one attached hydrogen (secondary N) is 1. The van der Waals surface area contributed by atoms with Gasteiger partial charge in [0.1, 0.15) is 0 Å². The molecule has 0 saturated carbocycles. The summed E-state index contributed by atoms with van der Waals surface area (Å²) in [6.07, 6.45) is 50.3. The predicted molar refractivity (Wildman–Crippen MR) is 232 cm³/mol. The third kappa shape index (κ3) is 40.0. The van der Waals surface area contributed by atoms with Crippen LogP contribution in [0.2, 0.25) is 0 Å². The predicted octanol–water partition coefficient (Wildman–Crippen LogP) is 13.6. The lowest BCUT2D eigenvalue weighted by atomic mass is 10.1. The number of rotatable bonds is 43. The number of aliphatic hydroxyl groups excluding tert-OH is 2. The fourth-order valence-electron chi connectivity index (χ4n) is 7.04. The Balaban J connectivity index is 3.49. The Labute approximate surface area is 335 Å². The van der Waals surface area contributed by atoms with Gasteiger partial charge in [-0.25, -0.2) is 0 Å². The van der Waals surface area contributed by atoms with E-state index in [0.717, 1.165) is 57.8 Å². The van der Waals surface area contributed by atoms with Gasteiger partial charge in [0.2, 0.25) is 5.91 Å². The van der Waals surface area contributed by atoms with Crippen molar-refractivity contribution in [1.82, 2.24) is 5.32 Å². The average molecular weight is 762 g/mol. The number of hydrogen-bond donors (Lipinski definition) is 3. The molecule has 0 bridgehead atoms. The highest BCUT2D eigenvalue weighted by Gasteiger charge is 2.18. The van der Waals surface area contributed by atoms with Crippen molar-refractivity contribution in [3.05, 3.63) is 24.3 Å². The summed E-state index contributed by atoms with van der Waals surface area (Å²) in [6, 6.07) is -0.646. The molecule has 2 unspecified atom stereocenters. The molecule has 0 aliphatic heterocycles. The third-order valence-electron chi connectivity index (χ3n) is 10.7. The van der Waals surface area contributed by atoms with Crippen LogP contribution in [0.3, 0.4) is 0 Å². The lowest BCUT2D eigenvalue weighted by molar-refractivity contribution is -0.143. The van der Waals surface area contributed by atoms with Crippen LogP contribution in [0.1, 0.15) is 245 Å². The van der Waals surface area contributed by atoms with Crippen molar-refractivity contribution >= 4 is 11.9 Å². The topological polar surface area (TPSA) is 95.9 Å². The van der Waals surface area contributed by atoms with Crippen molar-refractivity contribution in [1.29, 1.82) is 0 Å². The molecular formula is C48H91NO5. The van der Waals surface area contributed by atoms with Crippen LogP contribution in [0.25, 0.3) is 0 Å². The molecule has 6 heteroatoms. The van der Waals surface area contributed by atoms with Crippen LogP contribution in [-0.2, 0) is 14.3 Å². The second-order valence-corrected chi connectivity index (χ2v) is 16.1. The second kappa shape index (κ2) is 44.1. The van der Waals surface area contributed by atoms with Crippen molar-refractivity contribution in [3.8, 4) is 0 Å². The van der Waals surface area contributed by atoms with Gasteiger partial charge in [0.05, 0.1) is 25.4 Å². The van der Waals surface area contributed by atoms with Gasteiger partial charge < -0.3 is 20.3 Å². The van der Waals surface area contributed by atoms with E-state index in [1.165, 1.54) is 161 Å². The number of carbonyl (C=O) groups is 2. The lowest BCUT2D eigenvalue weighted by Crippen LogP contribution is -2.45. The molecule has 318 valence electrons. The standard InChI is InChI=1S/C48H91NO5/c1-3-5-7-9-11-13-15-16-17-18-19-20-21-22-26-30-34-38-42-48(53)54-43-39-35-31-27-23-25-29-33-37-41-47(52)49-45(44-50)46(51)40-36-32-28-24-14-12-10-8-6-4-2/h17-18,36,40,45-46,50-51H,3-16,19-35,37-39,41-44H2,1-2H3,(H,49,52)/b18-17-,40-36+. The van der Waals surface area contributed by atoms with Gasteiger partial charge in [0, 0.05) is 12.8 Å². The molecular weight excluding hydrogens is 671 g/mol. The van der Waals surface area contributed by atoms with Gasteiger partial charge in [-0.3, -0.25) is 9.59 Å². The first-order valence-electron chi connectivity index (χ1n) is 23.6. The lowest BCUT2D eigenvalue weighted by Gasteiger charge is -2.20. The number of esters is 1. The van der Waals surface area contributed by atoms with Crippen LogP contribution in [-0.4, -0.2) is 47.4 Å². The summed E-state index contributed by atoms with van der Waals surface area (Å²) in [6.45, 7) is 4.80. The molecule has 0 aliphatic carbocycles. The number of amides is 1. The van der Waals surface area contributed by atoms with Crippen molar-refractivity contribution < 1.29 is 24.5 Å². The summed E-state index contributed by atoms with van der Waals surface area (Å²) in [7, 11) is 0. The Morgan fingerprint density at radius 2 is 0.870 bits per heavy atom. The van der Waals surface area contributed by atoms with Crippen LogP contribution in [0, 0.1) is 0 Å². The Hall–Kier alpha value is -1.66. The molecule has 0 aromatic carbocycles. The van der Waals surface area contributed by atoms with Crippen molar-refractivity contribution in [2.24, 2.45) is 0 Å². The van der Waals surface area contributed by atoms with Gasteiger partial charge in [0.15, 0.2) is 0 Å². The van der Waals surface area contributed by atoms with Gasteiger partial charge in [0.25, 0.3) is 0 Å². The van der Waals surface area contributed by atoms with E-state index in [1.807, 2.05) is 6.08 Å². The minimum Gasteiger partial charge on any atom is -0.466 e. The van der Waals surface area contributed by atoms with Gasteiger partial charge in [-0.2, -0.15) is 0 Å². The first-order chi connectivity index (χ1) is 26.5. The maximum absolute atomic E-state index is 12.4. The van der Waals surface area contributed by atoms with Crippen molar-refractivity contribution in [2.45, 2.75) is 257 Å². The largest absolute Gasteiger partial charge is 0.466 e. The zero-order valence-corrected chi connectivity index (χ0v) is 36.0. The Morgan fingerprint density at radius 3 is 1.31 bits per heavy atom. The van der Waals surface area contributed by atoms with E-state index in [9.17, 15) is 19.8 Å². The summed E-state index contributed by atoms with van der Waals surface area (Å²) in [5, 5.41) is 22.9. The van der Waals surface area contributed by atoms with Crippen LogP contribution >= 0.6 is 0 Å². The first-order valence-corrected chi connectivity index (χ1v) is 23.6. The Bertz CT molecular complexity index is 843. The molecule has 0 aromatic rings. The van der Waals surface area contributed by atoms with E-state index in [-0.39, 0.29) is 18.5 Å². The highest BCUT2D eigenvalue weighted by Crippen LogP contribution is 2.14. The molecule has 3 N–H and O–H groups in total. The monoisotopic (exact) mass is 762 g/mol. The summed E-state index contributed by atoms with van der Waals surface area (Å²) in [4.78, 5) is 24.4. The van der Waals surface area contributed by atoms with Crippen molar-refractivity contribution in [3.63, 3.8) is 0 Å². The molecule has 0 fully saturated rings. The fourth-order valence-corrected chi connectivity index (χ4v) is 7.04. The second-order valence-electron chi connectivity index (χ2n) is 16.1. The zero-order chi connectivity index (χ0) is 39.4. The first kappa shape index (κ1) is 52.3. The molecule has 2 atom stereocenters. The molecule has 0 heterocycles. The summed E-state index contributed by atoms with van der Waals surface area (Å²) in [5.41, 5.74) is 0. The molecule has 0 radical (unpaired) electrons. The summed E-state index contributed by atoms with van der Waals surface area (Å²) >= 11 is 0. The molecule has 0 rings (SSSR count). The van der Waals surface area contributed by atoms with Gasteiger partial charge in [-0.1, -0.05) is 199 Å². The average Bonchev–Trinajstić information content (AvgIpc) is 3.17. The molecule has 0 aromatic heterocycles. The molecule has 0 saturated heterocycles. The van der Waals surface area contributed by atoms with E-state index < -0.39 is 12.1 Å². The van der Waals surface area contributed by atoms with Crippen LogP contribution < -0.4 is 5.32 Å². The normalized spacial score (nSPS) is 12.9. The number of allylic oxidation sites excluding steroid dienone is 3. The number of aliphatic hydroxyl groups is 2. The number of ether oxygens (including phenoxy) is 1. The zero-order valence-electron chi connectivity index (χ0n) is 36.0. The Morgan fingerprint density at radius 1 is 0.500 bits per heavy atom. The number of carbonyl (C=O) groups excluding carboxylic acids is 2. The Kier molecular flexibility index (Phi) is 42.7. The molecule has 1 amide bonds. The van der Waals surface area contributed by atoms with Crippen LogP contribution in [0.4, 0.5) is 0 Å². The molecule has 54 heavy (non-hydrogen) atoms. The van der Waals surface area contributed by atoms with Crippen LogP contribution in [0.5, 0.6) is 0 Å². The van der Waals surface area contributed by atoms with Crippen LogP contribution in [0.15, 0.2) is 24.3 Å². The van der Waals surface area contributed by atoms with E-state index >= 15 is 0 Å². The fraction of sp³-hybridized carbons (Fsp3) is 0.875. The van der Waals surface area contributed by atoms with E-state index in [4.69, 9.17) is 4.74 Å². The van der Waals surface area contributed by atoms with E-state index in [0.29, 0.717) is 19.4 Å². The number of unbranched alkanes of at least 4 members (excludes halogenated alkanes) is 30. The SMILES string of the molecule is CCCCCCCCC/C=C\CCCCCCCCCC(=O)OCCCCCCCCCCCC(=O)NC(CO)C(O)/C=C/CCCCCCCCCC. The highest BCUT2D eigenvalue weighted by atomic mass is 16.5. The molecule has 6 nitrogen and oxygen atoms in total. The van der Waals surface area contributed by atoms with E-state index in [2.05, 4.69) is 31.3 Å². The number of hydrogen-bond acceptors (Lipinski definition) is 5. The summed E-state index contributed by atoms with van der Waals surface area (Å²) < 4.78 is 5.45. The molecule has 0 aliphatic rings. The highest BCUT2D eigenvalue weighted by molar-refractivity contribution is 5.76. The van der Waals surface area contributed by atoms with Gasteiger partial charge in [-0.15, -0.1) is 0 Å².